The molecule has 0 aliphatic carbocycles. The van der Waals surface area contributed by atoms with Crippen LogP contribution in [0.1, 0.15) is 6.42 Å². The first-order chi connectivity index (χ1) is 7.12. The first-order valence-electron chi connectivity index (χ1n) is 4.70. The van der Waals surface area contributed by atoms with E-state index in [0.717, 1.165) is 0 Å². The highest BCUT2D eigenvalue weighted by Gasteiger charge is 2.36. The van der Waals surface area contributed by atoms with Gasteiger partial charge in [-0.1, -0.05) is 0 Å². The second-order valence-corrected chi connectivity index (χ2v) is 6.00. The van der Waals surface area contributed by atoms with Crippen LogP contribution in [0.3, 0.4) is 0 Å². The minimum absolute atomic E-state index is 0.270. The summed E-state index contributed by atoms with van der Waals surface area (Å²) in [5, 5.41) is 11.9. The Labute approximate surface area is 99.2 Å². The number of halogens is 2. The summed E-state index contributed by atoms with van der Waals surface area (Å²) in [6, 6.07) is 0. The van der Waals surface area contributed by atoms with Gasteiger partial charge in [-0.15, -0.1) is 23.2 Å². The minimum Gasteiger partial charge on any atom is -0.378 e. The fourth-order valence-electron chi connectivity index (χ4n) is 1.31. The topological polar surface area (TPSA) is 61.8 Å². The largest absolute Gasteiger partial charge is 0.378 e. The quantitative estimate of drug-likeness (QED) is 0.584. The Hall–Kier alpha value is 0.650. The molecular weight excluding hydrogens is 262 g/mol. The van der Waals surface area contributed by atoms with Crippen LogP contribution in [0.2, 0.25) is 0 Å². The summed E-state index contributed by atoms with van der Waals surface area (Å²) in [6.45, 7) is 1.09. The maximum absolute atomic E-state index is 12.2. The van der Waals surface area contributed by atoms with Crippen molar-refractivity contribution in [3.05, 3.63) is 0 Å². The van der Waals surface area contributed by atoms with E-state index in [4.69, 9.17) is 27.7 Å². The van der Waals surface area contributed by atoms with E-state index in [2.05, 4.69) is 5.09 Å². The minimum atomic E-state index is -3.15. The third-order valence-electron chi connectivity index (χ3n) is 2.03. The van der Waals surface area contributed by atoms with Crippen molar-refractivity contribution in [3.63, 3.8) is 0 Å². The lowest BCUT2D eigenvalue weighted by Crippen LogP contribution is -2.41. The molecule has 0 amide bonds. The van der Waals surface area contributed by atoms with E-state index in [9.17, 15) is 9.67 Å². The molecule has 0 aromatic carbocycles. The van der Waals surface area contributed by atoms with Gasteiger partial charge in [0.15, 0.2) is 0 Å². The van der Waals surface area contributed by atoms with Crippen molar-refractivity contribution in [1.29, 1.82) is 0 Å². The second-order valence-electron chi connectivity index (χ2n) is 3.12. The lowest BCUT2D eigenvalue weighted by molar-refractivity contribution is 0.0885. The first kappa shape index (κ1) is 13.7. The Kier molecular flexibility index (Phi) is 5.85. The van der Waals surface area contributed by atoms with E-state index >= 15 is 0 Å². The molecule has 5 nitrogen and oxygen atoms in total. The number of nitrogens with one attached hydrogen (secondary N) is 1. The van der Waals surface area contributed by atoms with Gasteiger partial charge in [0.05, 0.1) is 6.61 Å². The molecule has 2 N–H and O–H groups in total. The van der Waals surface area contributed by atoms with Crippen LogP contribution in [0, 0.1) is 0 Å². The highest BCUT2D eigenvalue weighted by Crippen LogP contribution is 2.49. The molecule has 1 fully saturated rings. The van der Waals surface area contributed by atoms with E-state index in [-0.39, 0.29) is 6.61 Å². The van der Waals surface area contributed by atoms with E-state index in [1.165, 1.54) is 0 Å². The van der Waals surface area contributed by atoms with Gasteiger partial charge in [-0.25, -0.2) is 9.76 Å². The summed E-state index contributed by atoms with van der Waals surface area (Å²) in [5.74, 6) is 0.671. The SMILES string of the molecule is O=[P@]1(N(CCCl)CCCl)N[C@@H](O)CCO1. The van der Waals surface area contributed by atoms with Crippen LogP contribution in [-0.2, 0) is 9.09 Å². The van der Waals surface area contributed by atoms with E-state index in [1.807, 2.05) is 0 Å². The summed E-state index contributed by atoms with van der Waals surface area (Å²) in [6.07, 6.45) is -0.364. The molecule has 0 bridgehead atoms. The van der Waals surface area contributed by atoms with E-state index < -0.39 is 13.9 Å². The average Bonchev–Trinajstić information content (AvgIpc) is 2.17. The zero-order chi connectivity index (χ0) is 11.3. The van der Waals surface area contributed by atoms with Gasteiger partial charge in [0, 0.05) is 31.3 Å². The zero-order valence-corrected chi connectivity index (χ0v) is 10.6. The Bertz CT molecular complexity index is 238. The molecule has 0 saturated carbocycles. The normalized spacial score (nSPS) is 32.1. The summed E-state index contributed by atoms with van der Waals surface area (Å²) in [5.41, 5.74) is 0. The lowest BCUT2D eigenvalue weighted by Gasteiger charge is -2.35. The molecule has 1 aliphatic heterocycles. The van der Waals surface area contributed by atoms with Crippen molar-refractivity contribution in [3.8, 4) is 0 Å². The molecule has 1 rings (SSSR count). The fourth-order valence-corrected chi connectivity index (χ4v) is 3.94. The number of alkyl halides is 2. The third-order valence-corrected chi connectivity index (χ3v) is 4.67. The van der Waals surface area contributed by atoms with E-state index in [0.29, 0.717) is 31.3 Å². The van der Waals surface area contributed by atoms with Crippen LogP contribution in [0.15, 0.2) is 0 Å². The fraction of sp³-hybridized carbons (Fsp3) is 1.00. The molecule has 0 aromatic rings. The number of hydrogen-bond donors (Lipinski definition) is 2. The average molecular weight is 277 g/mol. The molecule has 0 unspecified atom stereocenters. The van der Waals surface area contributed by atoms with Crippen molar-refractivity contribution in [2.75, 3.05) is 31.5 Å². The molecule has 8 heteroatoms. The van der Waals surface area contributed by atoms with Crippen LogP contribution >= 0.6 is 30.9 Å². The predicted octanol–water partition coefficient (Wildman–Crippen LogP) is 1.20. The lowest BCUT2D eigenvalue weighted by atomic mass is 10.4. The maximum atomic E-state index is 12.2. The van der Waals surface area contributed by atoms with Crippen LogP contribution in [0.4, 0.5) is 0 Å². The smallest absolute Gasteiger partial charge is 0.345 e. The van der Waals surface area contributed by atoms with Gasteiger partial charge < -0.3 is 9.63 Å². The number of nitrogens with zero attached hydrogens (tertiary/aromatic N) is 1. The van der Waals surface area contributed by atoms with Gasteiger partial charge in [0.1, 0.15) is 6.23 Å². The summed E-state index contributed by atoms with van der Waals surface area (Å²) in [7, 11) is -3.15. The molecule has 1 heterocycles. The molecule has 0 spiro atoms. The van der Waals surface area contributed by atoms with Crippen molar-refractivity contribution >= 4 is 30.9 Å². The second kappa shape index (κ2) is 6.40. The van der Waals surface area contributed by atoms with Crippen LogP contribution in [0.5, 0.6) is 0 Å². The molecule has 2 atom stereocenters. The predicted molar refractivity (Wildman–Crippen MR) is 60.3 cm³/mol. The van der Waals surface area contributed by atoms with Crippen molar-refractivity contribution in [2.45, 2.75) is 12.6 Å². The van der Waals surface area contributed by atoms with Gasteiger partial charge in [-0.05, 0) is 0 Å². The molecule has 1 saturated heterocycles. The number of rotatable bonds is 5. The Balaban J connectivity index is 2.66. The van der Waals surface area contributed by atoms with E-state index in [1.54, 1.807) is 4.67 Å². The highest BCUT2D eigenvalue weighted by atomic mass is 35.5. The number of aliphatic hydroxyl groups excluding tert-OH is 1. The number of aliphatic hydroxyl groups is 1. The highest BCUT2D eigenvalue weighted by molar-refractivity contribution is 7.54. The third kappa shape index (κ3) is 3.86. The molecule has 15 heavy (non-hydrogen) atoms. The molecule has 90 valence electrons. The van der Waals surface area contributed by atoms with Crippen LogP contribution in [0.25, 0.3) is 0 Å². The van der Waals surface area contributed by atoms with Crippen molar-refractivity contribution < 1.29 is 14.2 Å². The summed E-state index contributed by atoms with van der Waals surface area (Å²) >= 11 is 11.2. The van der Waals surface area contributed by atoms with Gasteiger partial charge in [-0.3, -0.25) is 4.57 Å². The zero-order valence-electron chi connectivity index (χ0n) is 8.23. The van der Waals surface area contributed by atoms with Gasteiger partial charge in [-0.2, -0.15) is 0 Å². The van der Waals surface area contributed by atoms with Crippen LogP contribution < -0.4 is 5.09 Å². The maximum Gasteiger partial charge on any atom is 0.345 e. The van der Waals surface area contributed by atoms with Gasteiger partial charge in [0.25, 0.3) is 0 Å². The van der Waals surface area contributed by atoms with Crippen molar-refractivity contribution in [2.24, 2.45) is 0 Å². The van der Waals surface area contributed by atoms with Crippen LogP contribution in [-0.4, -0.2) is 47.5 Å². The molecule has 1 aliphatic rings. The van der Waals surface area contributed by atoms with Gasteiger partial charge >= 0.3 is 7.67 Å². The summed E-state index contributed by atoms with van der Waals surface area (Å²) in [4.78, 5) is 0. The molecule has 0 radical (unpaired) electrons. The van der Waals surface area contributed by atoms with Gasteiger partial charge in [0.2, 0.25) is 0 Å². The Morgan fingerprint density at radius 2 is 2.07 bits per heavy atom. The Morgan fingerprint density at radius 1 is 1.47 bits per heavy atom. The molecular formula is C7H15Cl2N2O3P. The summed E-state index contributed by atoms with van der Waals surface area (Å²) < 4.78 is 19.0. The standard InChI is InChI=1S/C7H15Cl2N2O3P/c8-2-4-11(5-3-9)15(13)10-7(12)1-6-14-15/h7,12H,1-6H2,(H,10,13)/t7-,15+/m0/s1. The molecule has 0 aromatic heterocycles. The Morgan fingerprint density at radius 3 is 2.53 bits per heavy atom. The monoisotopic (exact) mass is 276 g/mol. The number of hydrogen-bond acceptors (Lipinski definition) is 3. The van der Waals surface area contributed by atoms with Crippen molar-refractivity contribution in [1.82, 2.24) is 9.76 Å². The first-order valence-corrected chi connectivity index (χ1v) is 7.35.